The second-order valence-corrected chi connectivity index (χ2v) is 6.86. The van der Waals surface area contributed by atoms with E-state index in [1.165, 1.54) is 25.8 Å². The van der Waals surface area contributed by atoms with Crippen molar-refractivity contribution in [1.82, 2.24) is 0 Å². The number of benzene rings is 2. The predicted molar refractivity (Wildman–Crippen MR) is 93.8 cm³/mol. The zero-order valence-corrected chi connectivity index (χ0v) is 13.7. The first-order valence-corrected chi connectivity index (χ1v) is 8.36. The van der Waals surface area contributed by atoms with Crippen LogP contribution < -0.4 is 0 Å². The molecule has 0 fully saturated rings. The maximum atomic E-state index is 4.14. The number of halogens is 1. The van der Waals surface area contributed by atoms with Gasteiger partial charge in [-0.1, -0.05) is 44.8 Å². The molecule has 0 amide bonds. The van der Waals surface area contributed by atoms with Gasteiger partial charge in [0.1, 0.15) is 0 Å². The minimum Gasteiger partial charge on any atom is -0.125 e. The molecule has 18 heavy (non-hydrogen) atoms. The van der Waals surface area contributed by atoms with Crippen LogP contribution in [0, 0.1) is 3.57 Å². The van der Waals surface area contributed by atoms with E-state index < -0.39 is 0 Å². The predicted octanol–water partition coefficient (Wildman–Crippen LogP) is 4.84. The van der Waals surface area contributed by atoms with Crippen molar-refractivity contribution in [3.63, 3.8) is 0 Å². The third kappa shape index (κ3) is 1.58. The Bertz CT molecular complexity index is 653. The Labute approximate surface area is 125 Å². The van der Waals surface area contributed by atoms with Gasteiger partial charge < -0.3 is 0 Å². The van der Waals surface area contributed by atoms with E-state index in [9.17, 15) is 0 Å². The Morgan fingerprint density at radius 2 is 1.83 bits per heavy atom. The molecule has 0 aromatic heterocycles. The Kier molecular flexibility index (Phi) is 3.18. The Morgan fingerprint density at radius 1 is 1.11 bits per heavy atom. The van der Waals surface area contributed by atoms with E-state index in [-0.39, 0.29) is 5.16 Å². The highest BCUT2D eigenvalue weighted by Gasteiger charge is 2.39. The number of hydrogen-bond acceptors (Lipinski definition) is 0. The van der Waals surface area contributed by atoms with Gasteiger partial charge in [0.2, 0.25) is 0 Å². The largest absolute Gasteiger partial charge is 0.125 e. The molecule has 0 nitrogen and oxygen atoms in total. The maximum Gasteiger partial charge on any atom is 0.0845 e. The molecule has 1 aliphatic rings. The standard InChI is InChI=1S/C15H11IP2/c1-18-15(9-17)13-5-3-2-4-11(13)12-8-10(16)6-7-14(12)15/h2-9,17H,1H2. The molecule has 0 aliphatic heterocycles. The van der Waals surface area contributed by atoms with Gasteiger partial charge in [0, 0.05) is 3.57 Å². The molecule has 3 heteroatoms. The summed E-state index contributed by atoms with van der Waals surface area (Å²) in [6, 6.07) is 15.3. The van der Waals surface area contributed by atoms with Gasteiger partial charge in [-0.3, -0.25) is 0 Å². The number of hydrogen-bond donors (Lipinski definition) is 0. The second-order valence-electron chi connectivity index (χ2n) is 4.30. The van der Waals surface area contributed by atoms with Gasteiger partial charge >= 0.3 is 0 Å². The van der Waals surface area contributed by atoms with Gasteiger partial charge in [0.25, 0.3) is 0 Å². The summed E-state index contributed by atoms with van der Waals surface area (Å²) in [4.78, 5) is 0. The second kappa shape index (κ2) is 4.56. The Hall–Kier alpha value is -0.490. The average molecular weight is 380 g/mol. The minimum atomic E-state index is -0.118. The highest BCUT2D eigenvalue weighted by atomic mass is 127. The normalized spacial score (nSPS) is 20.5. The van der Waals surface area contributed by atoms with E-state index >= 15 is 0 Å². The van der Waals surface area contributed by atoms with E-state index in [0.29, 0.717) is 0 Å². The SMILES string of the molecule is C=PC1(C=P)c2ccccc2-c2cc(I)ccc21. The van der Waals surface area contributed by atoms with Crippen LogP contribution in [0.2, 0.25) is 0 Å². The fourth-order valence-electron chi connectivity index (χ4n) is 2.64. The molecule has 3 rings (SSSR count). The van der Waals surface area contributed by atoms with Crippen molar-refractivity contribution < 1.29 is 0 Å². The van der Waals surface area contributed by atoms with Gasteiger partial charge in [0.15, 0.2) is 0 Å². The quantitative estimate of drug-likeness (QED) is 0.517. The lowest BCUT2D eigenvalue weighted by Gasteiger charge is -2.22. The van der Waals surface area contributed by atoms with Crippen LogP contribution in [0.4, 0.5) is 0 Å². The molecule has 1 aliphatic carbocycles. The van der Waals surface area contributed by atoms with Gasteiger partial charge in [0.05, 0.1) is 5.16 Å². The molecule has 0 saturated carbocycles. The van der Waals surface area contributed by atoms with Crippen LogP contribution in [-0.4, -0.2) is 12.1 Å². The van der Waals surface area contributed by atoms with Crippen molar-refractivity contribution in [2.75, 3.05) is 0 Å². The van der Waals surface area contributed by atoms with Gasteiger partial charge in [-0.15, -0.1) is 8.86 Å². The Balaban J connectivity index is 2.45. The molecule has 0 heterocycles. The summed E-state index contributed by atoms with van der Waals surface area (Å²) in [5.41, 5.74) is 5.35. The lowest BCUT2D eigenvalue weighted by Crippen LogP contribution is -2.17. The third-order valence-corrected chi connectivity index (χ3v) is 5.94. The van der Waals surface area contributed by atoms with Gasteiger partial charge in [-0.25, -0.2) is 0 Å². The zero-order valence-electron chi connectivity index (χ0n) is 9.65. The smallest absolute Gasteiger partial charge is 0.0845 e. The monoisotopic (exact) mass is 380 g/mol. The Morgan fingerprint density at radius 3 is 2.56 bits per heavy atom. The van der Waals surface area contributed by atoms with Gasteiger partial charge in [-0.2, -0.15) is 0 Å². The summed E-state index contributed by atoms with van der Waals surface area (Å²) in [6.45, 7) is 0. The van der Waals surface area contributed by atoms with Crippen molar-refractivity contribution in [3.05, 3.63) is 57.2 Å². The first-order chi connectivity index (χ1) is 8.73. The molecule has 2 aromatic rings. The van der Waals surface area contributed by atoms with Crippen LogP contribution in [-0.2, 0) is 5.16 Å². The van der Waals surface area contributed by atoms with E-state index in [2.05, 4.69) is 86.0 Å². The third-order valence-electron chi connectivity index (χ3n) is 3.48. The van der Waals surface area contributed by atoms with Crippen LogP contribution in [0.3, 0.4) is 0 Å². The molecule has 1 unspecified atom stereocenters. The molecular weight excluding hydrogens is 369 g/mol. The lowest BCUT2D eigenvalue weighted by atomic mass is 9.98. The van der Waals surface area contributed by atoms with E-state index in [4.69, 9.17) is 0 Å². The molecule has 88 valence electrons. The summed E-state index contributed by atoms with van der Waals surface area (Å²) in [6.07, 6.45) is 4.14. The number of rotatable bonds is 2. The van der Waals surface area contributed by atoms with E-state index in [0.717, 1.165) is 8.20 Å². The average Bonchev–Trinajstić information content (AvgIpc) is 2.69. The maximum absolute atomic E-state index is 4.14. The van der Waals surface area contributed by atoms with Crippen LogP contribution in [0.15, 0.2) is 42.5 Å². The topological polar surface area (TPSA) is 0 Å². The molecule has 1 atom stereocenters. The van der Waals surface area contributed by atoms with Crippen molar-refractivity contribution in [3.8, 4) is 11.1 Å². The van der Waals surface area contributed by atoms with Crippen LogP contribution in [0.25, 0.3) is 11.1 Å². The summed E-state index contributed by atoms with van der Waals surface area (Å²) in [5.74, 6) is 2.10. The molecule has 0 N–H and O–H groups in total. The molecule has 0 radical (unpaired) electrons. The lowest BCUT2D eigenvalue weighted by molar-refractivity contribution is 1.08. The summed E-state index contributed by atoms with van der Waals surface area (Å²) in [5, 5.41) is -0.118. The fraction of sp³-hybridized carbons (Fsp3) is 0.0667. The van der Waals surface area contributed by atoms with Crippen molar-refractivity contribution in [1.29, 1.82) is 0 Å². The fourth-order valence-corrected chi connectivity index (χ4v) is 4.54. The van der Waals surface area contributed by atoms with E-state index in [1.807, 2.05) is 0 Å². The summed E-state index contributed by atoms with van der Waals surface area (Å²) >= 11 is 2.37. The minimum absolute atomic E-state index is 0.118. The van der Waals surface area contributed by atoms with Gasteiger partial charge in [-0.05, 0) is 62.8 Å². The first kappa shape index (κ1) is 12.5. The van der Waals surface area contributed by atoms with Crippen LogP contribution >= 0.6 is 39.7 Å². The van der Waals surface area contributed by atoms with Crippen molar-refractivity contribution in [2.24, 2.45) is 0 Å². The van der Waals surface area contributed by atoms with Crippen LogP contribution in [0.5, 0.6) is 0 Å². The van der Waals surface area contributed by atoms with E-state index in [1.54, 1.807) is 0 Å². The highest BCUT2D eigenvalue weighted by molar-refractivity contribution is 14.1. The molecule has 0 saturated heterocycles. The van der Waals surface area contributed by atoms with Crippen molar-refractivity contribution in [2.45, 2.75) is 5.16 Å². The first-order valence-electron chi connectivity index (χ1n) is 5.62. The summed E-state index contributed by atoms with van der Waals surface area (Å²) < 4.78 is 1.27. The molecular formula is C15H11IP2. The number of fused-ring (bicyclic) bond motifs is 3. The molecule has 0 bridgehead atoms. The molecule has 0 spiro atoms. The molecule has 2 aromatic carbocycles. The highest BCUT2D eigenvalue weighted by Crippen LogP contribution is 2.53. The van der Waals surface area contributed by atoms with Crippen molar-refractivity contribution >= 4 is 51.8 Å². The summed E-state index contributed by atoms with van der Waals surface area (Å²) in [7, 11) is 4.72. The van der Waals surface area contributed by atoms with Crippen LogP contribution in [0.1, 0.15) is 11.1 Å². The zero-order chi connectivity index (χ0) is 12.8.